The standard InChI is InChI=1S/C23H19N5O5S/c1-31-16-4-2-3-13(7-16)17-11-34-23-25-22(26-28(17)23)24-21(30)14-8-20(29)27(10-14)15-5-6-18-19(9-15)33-12-32-18/h2-7,9,11,14H,8,10,12H2,1H3,(H,24,26,30). The SMILES string of the molecule is COc1cccc(-c2csc3nc(NC(=O)C4CC(=O)N(c5ccc6c(c5)OCO6)C4)nn23)c1. The molecule has 10 nitrogen and oxygen atoms in total. The molecule has 2 aliphatic rings. The molecule has 4 aromatic rings. The lowest BCUT2D eigenvalue weighted by Crippen LogP contribution is -2.28. The monoisotopic (exact) mass is 477 g/mol. The van der Waals surface area contributed by atoms with E-state index in [1.54, 1.807) is 34.7 Å². The van der Waals surface area contributed by atoms with Gasteiger partial charge in [-0.2, -0.15) is 4.98 Å². The first-order valence-electron chi connectivity index (χ1n) is 10.6. The van der Waals surface area contributed by atoms with Gasteiger partial charge in [0.1, 0.15) is 5.75 Å². The molecule has 11 heteroatoms. The van der Waals surface area contributed by atoms with Crippen LogP contribution in [0.3, 0.4) is 0 Å². The van der Waals surface area contributed by atoms with E-state index < -0.39 is 5.92 Å². The number of carbonyl (C=O) groups is 2. The van der Waals surface area contributed by atoms with Crippen LogP contribution in [0.1, 0.15) is 6.42 Å². The van der Waals surface area contributed by atoms with E-state index in [0.717, 1.165) is 17.0 Å². The number of methoxy groups -OCH3 is 1. The molecule has 1 N–H and O–H groups in total. The van der Waals surface area contributed by atoms with Gasteiger partial charge in [-0.1, -0.05) is 12.1 Å². The fourth-order valence-corrected chi connectivity index (χ4v) is 4.94. The van der Waals surface area contributed by atoms with Gasteiger partial charge in [0.2, 0.25) is 29.5 Å². The minimum atomic E-state index is -0.516. The Kier molecular flexibility index (Phi) is 4.84. The predicted octanol–water partition coefficient (Wildman–Crippen LogP) is 3.19. The summed E-state index contributed by atoms with van der Waals surface area (Å²) < 4.78 is 17.7. The van der Waals surface area contributed by atoms with Gasteiger partial charge < -0.3 is 19.1 Å². The fraction of sp³-hybridized carbons (Fsp3) is 0.217. The summed E-state index contributed by atoms with van der Waals surface area (Å²) in [5.41, 5.74) is 2.44. The first kappa shape index (κ1) is 20.5. The Morgan fingerprint density at radius 2 is 2.09 bits per heavy atom. The molecule has 0 radical (unpaired) electrons. The average Bonchev–Trinajstić information content (AvgIpc) is 3.62. The molecule has 1 fully saturated rings. The summed E-state index contributed by atoms with van der Waals surface area (Å²) in [6.45, 7) is 0.425. The Bertz CT molecular complexity index is 1430. The summed E-state index contributed by atoms with van der Waals surface area (Å²) in [6.07, 6.45) is 0.109. The molecule has 6 rings (SSSR count). The highest BCUT2D eigenvalue weighted by Crippen LogP contribution is 2.37. The lowest BCUT2D eigenvalue weighted by molar-refractivity contribution is -0.122. The Hall–Kier alpha value is -4.12. The van der Waals surface area contributed by atoms with Crippen molar-refractivity contribution in [3.05, 3.63) is 47.8 Å². The van der Waals surface area contributed by atoms with Crippen LogP contribution < -0.4 is 24.4 Å². The molecule has 0 aliphatic carbocycles. The number of rotatable bonds is 5. The van der Waals surface area contributed by atoms with Crippen molar-refractivity contribution in [3.8, 4) is 28.5 Å². The second-order valence-corrected chi connectivity index (χ2v) is 8.75. The largest absolute Gasteiger partial charge is 0.497 e. The van der Waals surface area contributed by atoms with Gasteiger partial charge in [-0.3, -0.25) is 14.9 Å². The van der Waals surface area contributed by atoms with Crippen LogP contribution in [0.4, 0.5) is 11.6 Å². The fourth-order valence-electron chi connectivity index (χ4n) is 4.11. The predicted molar refractivity (Wildman–Crippen MR) is 125 cm³/mol. The number of hydrogen-bond donors (Lipinski definition) is 1. The molecule has 4 heterocycles. The number of anilines is 2. The molecule has 0 spiro atoms. The van der Waals surface area contributed by atoms with Crippen molar-refractivity contribution in [2.45, 2.75) is 6.42 Å². The lowest BCUT2D eigenvalue weighted by atomic mass is 10.1. The van der Waals surface area contributed by atoms with Crippen LogP contribution in [0, 0.1) is 5.92 Å². The zero-order valence-electron chi connectivity index (χ0n) is 18.1. The highest BCUT2D eigenvalue weighted by atomic mass is 32.1. The summed E-state index contributed by atoms with van der Waals surface area (Å²) in [4.78, 5) is 32.2. The molecule has 2 aromatic heterocycles. The van der Waals surface area contributed by atoms with E-state index >= 15 is 0 Å². The third kappa shape index (κ3) is 3.50. The molecule has 2 aliphatic heterocycles. The third-order valence-electron chi connectivity index (χ3n) is 5.85. The van der Waals surface area contributed by atoms with Crippen LogP contribution in [0.25, 0.3) is 16.2 Å². The molecular weight excluding hydrogens is 458 g/mol. The van der Waals surface area contributed by atoms with Crippen LogP contribution in [0.2, 0.25) is 0 Å². The number of thiazole rings is 1. The van der Waals surface area contributed by atoms with Gasteiger partial charge >= 0.3 is 0 Å². The maximum Gasteiger partial charge on any atom is 0.250 e. The lowest BCUT2D eigenvalue weighted by Gasteiger charge is -2.16. The molecular formula is C23H19N5O5S. The molecule has 34 heavy (non-hydrogen) atoms. The van der Waals surface area contributed by atoms with Crippen molar-refractivity contribution >= 4 is 39.7 Å². The van der Waals surface area contributed by atoms with E-state index in [0.29, 0.717) is 22.1 Å². The summed E-state index contributed by atoms with van der Waals surface area (Å²) in [7, 11) is 1.62. The number of ether oxygens (including phenoxy) is 3. The minimum absolute atomic E-state index is 0.109. The average molecular weight is 478 g/mol. The van der Waals surface area contributed by atoms with Gasteiger partial charge in [-0.25, -0.2) is 4.52 Å². The van der Waals surface area contributed by atoms with Gasteiger partial charge in [-0.15, -0.1) is 16.4 Å². The normalized spacial score (nSPS) is 16.9. The maximum atomic E-state index is 12.9. The van der Waals surface area contributed by atoms with Gasteiger partial charge in [0.05, 0.1) is 18.7 Å². The molecule has 172 valence electrons. The minimum Gasteiger partial charge on any atom is -0.497 e. The Morgan fingerprint density at radius 1 is 1.21 bits per heavy atom. The quantitative estimate of drug-likeness (QED) is 0.470. The number of nitrogens with zero attached hydrogens (tertiary/aromatic N) is 4. The summed E-state index contributed by atoms with van der Waals surface area (Å²) in [5.74, 6) is 1.24. The topological polar surface area (TPSA) is 107 Å². The van der Waals surface area contributed by atoms with Crippen molar-refractivity contribution in [3.63, 3.8) is 0 Å². The van der Waals surface area contributed by atoms with Crippen molar-refractivity contribution in [2.75, 3.05) is 30.7 Å². The molecule has 0 bridgehead atoms. The van der Waals surface area contributed by atoms with Crippen LogP contribution in [-0.4, -0.2) is 46.9 Å². The molecule has 2 amide bonds. The molecule has 1 unspecified atom stereocenters. The van der Waals surface area contributed by atoms with Crippen molar-refractivity contribution < 1.29 is 23.8 Å². The summed E-state index contributed by atoms with van der Waals surface area (Å²) >= 11 is 1.42. The van der Waals surface area contributed by atoms with Crippen LogP contribution >= 0.6 is 11.3 Å². The summed E-state index contributed by atoms with van der Waals surface area (Å²) in [5, 5.41) is 9.19. The van der Waals surface area contributed by atoms with Crippen LogP contribution in [0.15, 0.2) is 47.8 Å². The highest BCUT2D eigenvalue weighted by molar-refractivity contribution is 7.15. The van der Waals surface area contributed by atoms with Crippen molar-refractivity contribution in [1.29, 1.82) is 0 Å². The van der Waals surface area contributed by atoms with Crippen molar-refractivity contribution in [2.24, 2.45) is 5.92 Å². The summed E-state index contributed by atoms with van der Waals surface area (Å²) in [6, 6.07) is 13.0. The second kappa shape index (κ2) is 8.03. The van der Waals surface area contributed by atoms with E-state index in [-0.39, 0.29) is 37.5 Å². The second-order valence-electron chi connectivity index (χ2n) is 7.91. The molecule has 1 saturated heterocycles. The Labute approximate surface area is 197 Å². The number of fused-ring (bicyclic) bond motifs is 2. The van der Waals surface area contributed by atoms with Gasteiger partial charge in [0, 0.05) is 35.7 Å². The number of benzene rings is 2. The van der Waals surface area contributed by atoms with Crippen molar-refractivity contribution in [1.82, 2.24) is 14.6 Å². The van der Waals surface area contributed by atoms with E-state index in [1.807, 2.05) is 29.6 Å². The first-order chi connectivity index (χ1) is 16.6. The van der Waals surface area contributed by atoms with Gasteiger partial charge in [-0.05, 0) is 24.3 Å². The van der Waals surface area contributed by atoms with E-state index in [1.165, 1.54) is 11.3 Å². The zero-order valence-corrected chi connectivity index (χ0v) is 18.9. The van der Waals surface area contributed by atoms with E-state index in [2.05, 4.69) is 15.4 Å². The first-order valence-corrected chi connectivity index (χ1v) is 11.5. The number of hydrogen-bond acceptors (Lipinski definition) is 8. The Morgan fingerprint density at radius 3 is 2.97 bits per heavy atom. The van der Waals surface area contributed by atoms with Gasteiger partial charge in [0.15, 0.2) is 11.5 Å². The maximum absolute atomic E-state index is 12.9. The van der Waals surface area contributed by atoms with E-state index in [4.69, 9.17) is 14.2 Å². The number of carbonyl (C=O) groups excluding carboxylic acids is 2. The van der Waals surface area contributed by atoms with Crippen LogP contribution in [0.5, 0.6) is 17.2 Å². The highest BCUT2D eigenvalue weighted by Gasteiger charge is 2.36. The van der Waals surface area contributed by atoms with E-state index in [9.17, 15) is 9.59 Å². The molecule has 1 atom stereocenters. The Balaban J connectivity index is 1.18. The molecule has 0 saturated carbocycles. The number of amides is 2. The number of nitrogens with one attached hydrogen (secondary N) is 1. The molecule has 2 aromatic carbocycles. The smallest absolute Gasteiger partial charge is 0.250 e. The zero-order chi connectivity index (χ0) is 23.2. The third-order valence-corrected chi connectivity index (χ3v) is 6.66. The number of aromatic nitrogens is 3. The van der Waals surface area contributed by atoms with Crippen LogP contribution in [-0.2, 0) is 9.59 Å². The van der Waals surface area contributed by atoms with Gasteiger partial charge in [0.25, 0.3) is 0 Å².